The van der Waals surface area contributed by atoms with Gasteiger partial charge in [0.1, 0.15) is 0 Å². The molecule has 0 unspecified atom stereocenters. The van der Waals surface area contributed by atoms with E-state index in [2.05, 4.69) is 47.6 Å². The summed E-state index contributed by atoms with van der Waals surface area (Å²) in [6.45, 7) is 8.30. The van der Waals surface area contributed by atoms with Crippen molar-refractivity contribution in [2.75, 3.05) is 6.54 Å². The minimum Gasteiger partial charge on any atom is -0.202 e. The van der Waals surface area contributed by atoms with Crippen molar-refractivity contribution in [2.45, 2.75) is 46.1 Å². The molecule has 0 spiro atoms. The summed E-state index contributed by atoms with van der Waals surface area (Å²) in [5, 5.41) is 0. The third-order valence-electron chi connectivity index (χ3n) is 2.74. The lowest BCUT2D eigenvalue weighted by molar-refractivity contribution is 0.555. The molecule has 4 nitrogen and oxygen atoms in total. The molecule has 5 heteroatoms. The molecule has 0 aliphatic rings. The van der Waals surface area contributed by atoms with Crippen LogP contribution in [0.25, 0.3) is 0 Å². The molecule has 0 heterocycles. The normalized spacial score (nSPS) is 12.3. The number of nitrogens with one attached hydrogen (secondary N) is 2. The molecule has 0 bridgehead atoms. The zero-order valence-corrected chi connectivity index (χ0v) is 12.9. The van der Waals surface area contributed by atoms with Gasteiger partial charge in [0.25, 0.3) is 10.2 Å². The highest BCUT2D eigenvalue weighted by Crippen LogP contribution is 2.14. The Morgan fingerprint density at radius 3 is 2.11 bits per heavy atom. The van der Waals surface area contributed by atoms with E-state index in [9.17, 15) is 8.42 Å². The van der Waals surface area contributed by atoms with E-state index in [-0.39, 0.29) is 6.04 Å². The average Bonchev–Trinajstić information content (AvgIpc) is 2.27. The van der Waals surface area contributed by atoms with Gasteiger partial charge in [-0.2, -0.15) is 13.1 Å². The van der Waals surface area contributed by atoms with Gasteiger partial charge in [-0.05, 0) is 37.3 Å². The predicted molar refractivity (Wildman–Crippen MR) is 79.4 cm³/mol. The van der Waals surface area contributed by atoms with Gasteiger partial charge in [0.05, 0.1) is 0 Å². The first kappa shape index (κ1) is 16.1. The maximum Gasteiger partial charge on any atom is 0.277 e. The zero-order chi connectivity index (χ0) is 14.5. The summed E-state index contributed by atoms with van der Waals surface area (Å²) in [6.07, 6.45) is 0.692. The van der Waals surface area contributed by atoms with Gasteiger partial charge >= 0.3 is 0 Å². The number of hydrogen-bond acceptors (Lipinski definition) is 2. The molecule has 0 atom stereocenters. The van der Waals surface area contributed by atoms with Crippen molar-refractivity contribution >= 4 is 10.2 Å². The molecule has 0 saturated heterocycles. The van der Waals surface area contributed by atoms with E-state index in [4.69, 9.17) is 0 Å². The summed E-state index contributed by atoms with van der Waals surface area (Å²) >= 11 is 0. The van der Waals surface area contributed by atoms with Gasteiger partial charge in [-0.15, -0.1) is 0 Å². The summed E-state index contributed by atoms with van der Waals surface area (Å²) in [6, 6.07) is 8.21. The van der Waals surface area contributed by atoms with Gasteiger partial charge in [0, 0.05) is 12.6 Å². The highest BCUT2D eigenvalue weighted by molar-refractivity contribution is 7.87. The van der Waals surface area contributed by atoms with Gasteiger partial charge in [0.2, 0.25) is 0 Å². The predicted octanol–water partition coefficient (Wildman–Crippen LogP) is 2.18. The standard InChI is InChI=1S/C14H24N2O2S/c1-11(2)14-7-5-13(6-8-14)9-10-15-19(17,18)16-12(3)4/h5-8,11-12,15-16H,9-10H2,1-4H3. The molecule has 0 amide bonds. The molecule has 108 valence electrons. The van der Waals surface area contributed by atoms with E-state index in [0.717, 1.165) is 5.56 Å². The Hall–Kier alpha value is -0.910. The lowest BCUT2D eigenvalue weighted by Gasteiger charge is -2.11. The molecule has 2 N–H and O–H groups in total. The fourth-order valence-electron chi connectivity index (χ4n) is 1.75. The van der Waals surface area contributed by atoms with Crippen molar-refractivity contribution in [1.82, 2.24) is 9.44 Å². The average molecular weight is 284 g/mol. The first-order chi connectivity index (χ1) is 8.80. The number of benzene rings is 1. The van der Waals surface area contributed by atoms with E-state index in [1.807, 2.05) is 0 Å². The van der Waals surface area contributed by atoms with Gasteiger partial charge < -0.3 is 0 Å². The summed E-state index contributed by atoms with van der Waals surface area (Å²) in [5.41, 5.74) is 2.43. The highest BCUT2D eigenvalue weighted by atomic mass is 32.2. The number of hydrogen-bond donors (Lipinski definition) is 2. The summed E-state index contributed by atoms with van der Waals surface area (Å²) in [7, 11) is -3.37. The molecule has 0 aliphatic heterocycles. The lowest BCUT2D eigenvalue weighted by atomic mass is 10.0. The SMILES string of the molecule is CC(C)NS(=O)(=O)NCCc1ccc(C(C)C)cc1. The Morgan fingerprint density at radius 1 is 1.05 bits per heavy atom. The molecule has 1 aromatic carbocycles. The van der Waals surface area contributed by atoms with Crippen molar-refractivity contribution in [1.29, 1.82) is 0 Å². The molecule has 1 rings (SSSR count). The summed E-state index contributed by atoms with van der Waals surface area (Å²) < 4.78 is 28.1. The van der Waals surface area contributed by atoms with E-state index >= 15 is 0 Å². The molecule has 1 aromatic rings. The van der Waals surface area contributed by atoms with Crippen LogP contribution in [0.2, 0.25) is 0 Å². The van der Waals surface area contributed by atoms with Crippen molar-refractivity contribution in [3.05, 3.63) is 35.4 Å². The molecule has 0 saturated carbocycles. The van der Waals surface area contributed by atoms with Crippen LogP contribution in [0.15, 0.2) is 24.3 Å². The smallest absolute Gasteiger partial charge is 0.202 e. The van der Waals surface area contributed by atoms with E-state index in [0.29, 0.717) is 18.9 Å². The fraction of sp³-hybridized carbons (Fsp3) is 0.571. The van der Waals surface area contributed by atoms with Crippen LogP contribution in [0.4, 0.5) is 0 Å². The Balaban J connectivity index is 2.45. The maximum atomic E-state index is 11.6. The first-order valence-corrected chi connectivity index (χ1v) is 8.14. The molecule has 0 aromatic heterocycles. The Bertz CT molecular complexity index is 479. The first-order valence-electron chi connectivity index (χ1n) is 6.66. The molecule has 0 aliphatic carbocycles. The van der Waals surface area contributed by atoms with E-state index < -0.39 is 10.2 Å². The second-order valence-corrected chi connectivity index (χ2v) is 6.85. The van der Waals surface area contributed by atoms with Crippen molar-refractivity contribution in [2.24, 2.45) is 0 Å². The third-order valence-corrected chi connectivity index (χ3v) is 4.11. The Kier molecular flexibility index (Phi) is 5.97. The molecule has 19 heavy (non-hydrogen) atoms. The second kappa shape index (κ2) is 7.03. The molecular formula is C14H24N2O2S. The highest BCUT2D eigenvalue weighted by Gasteiger charge is 2.09. The monoisotopic (exact) mass is 284 g/mol. The Labute approximate surface area is 116 Å². The van der Waals surface area contributed by atoms with E-state index in [1.165, 1.54) is 5.56 Å². The fourth-order valence-corrected chi connectivity index (χ4v) is 2.83. The van der Waals surface area contributed by atoms with Crippen molar-refractivity contribution in [3.8, 4) is 0 Å². The van der Waals surface area contributed by atoms with Crippen LogP contribution < -0.4 is 9.44 Å². The van der Waals surface area contributed by atoms with Gasteiger partial charge in [-0.25, -0.2) is 4.72 Å². The lowest BCUT2D eigenvalue weighted by Crippen LogP contribution is -2.41. The van der Waals surface area contributed by atoms with Gasteiger partial charge in [0.15, 0.2) is 0 Å². The Morgan fingerprint density at radius 2 is 1.63 bits per heavy atom. The number of rotatable bonds is 7. The van der Waals surface area contributed by atoms with Crippen molar-refractivity contribution in [3.63, 3.8) is 0 Å². The van der Waals surface area contributed by atoms with Crippen LogP contribution in [0.1, 0.15) is 44.7 Å². The molecule has 0 radical (unpaired) electrons. The van der Waals surface area contributed by atoms with Crippen LogP contribution in [-0.4, -0.2) is 21.0 Å². The second-order valence-electron chi connectivity index (χ2n) is 5.32. The van der Waals surface area contributed by atoms with Crippen LogP contribution >= 0.6 is 0 Å². The molecule has 0 fully saturated rings. The maximum absolute atomic E-state index is 11.6. The quantitative estimate of drug-likeness (QED) is 0.806. The van der Waals surface area contributed by atoms with E-state index in [1.54, 1.807) is 13.8 Å². The van der Waals surface area contributed by atoms with Crippen LogP contribution in [0, 0.1) is 0 Å². The van der Waals surface area contributed by atoms with Crippen molar-refractivity contribution < 1.29 is 8.42 Å². The minimum absolute atomic E-state index is 0.0946. The summed E-state index contributed by atoms with van der Waals surface area (Å²) in [5.74, 6) is 0.516. The van der Waals surface area contributed by atoms with Gasteiger partial charge in [-0.1, -0.05) is 38.1 Å². The largest absolute Gasteiger partial charge is 0.277 e. The van der Waals surface area contributed by atoms with Gasteiger partial charge in [-0.3, -0.25) is 0 Å². The van der Waals surface area contributed by atoms with Crippen LogP contribution in [0.5, 0.6) is 0 Å². The molecular weight excluding hydrogens is 260 g/mol. The summed E-state index contributed by atoms with van der Waals surface area (Å²) in [4.78, 5) is 0. The zero-order valence-electron chi connectivity index (χ0n) is 12.1. The topological polar surface area (TPSA) is 58.2 Å². The minimum atomic E-state index is -3.37. The van der Waals surface area contributed by atoms with Crippen LogP contribution in [0.3, 0.4) is 0 Å². The van der Waals surface area contributed by atoms with Crippen LogP contribution in [-0.2, 0) is 16.6 Å². The third kappa shape index (κ3) is 6.18.